The van der Waals surface area contributed by atoms with Crippen LogP contribution in [0.3, 0.4) is 0 Å². The molecule has 1 aliphatic heterocycles. The molecule has 0 radical (unpaired) electrons. The summed E-state index contributed by atoms with van der Waals surface area (Å²) in [4.78, 5) is 13.9. The first-order chi connectivity index (χ1) is 8.11. The number of amides is 1. The molecule has 0 spiro atoms. The second kappa shape index (κ2) is 4.65. The average molecular weight is 235 g/mol. The minimum atomic E-state index is -0.248. The summed E-state index contributed by atoms with van der Waals surface area (Å²) in [5.41, 5.74) is 0.428. The molecule has 17 heavy (non-hydrogen) atoms. The lowest BCUT2D eigenvalue weighted by Gasteiger charge is -2.16. The molecule has 1 aromatic carbocycles. The van der Waals surface area contributed by atoms with Gasteiger partial charge in [-0.3, -0.25) is 4.79 Å². The molecular formula is C13H17NO3. The van der Waals surface area contributed by atoms with E-state index in [2.05, 4.69) is 6.92 Å². The van der Waals surface area contributed by atoms with Crippen LogP contribution in [0.25, 0.3) is 0 Å². The van der Waals surface area contributed by atoms with E-state index in [-0.39, 0.29) is 17.4 Å². The molecule has 0 bridgehead atoms. The highest BCUT2D eigenvalue weighted by atomic mass is 16.3. The van der Waals surface area contributed by atoms with E-state index in [0.29, 0.717) is 11.5 Å². The highest BCUT2D eigenvalue weighted by Gasteiger charge is 2.26. The lowest BCUT2D eigenvalue weighted by Crippen LogP contribution is -2.28. The van der Waals surface area contributed by atoms with Gasteiger partial charge in [-0.05, 0) is 30.5 Å². The summed E-state index contributed by atoms with van der Waals surface area (Å²) in [5.74, 6) is 0.0670. The summed E-state index contributed by atoms with van der Waals surface area (Å²) >= 11 is 0. The molecule has 4 heteroatoms. The molecule has 1 aliphatic rings. The highest BCUT2D eigenvalue weighted by molar-refractivity contribution is 5.95. The molecule has 1 unspecified atom stereocenters. The summed E-state index contributed by atoms with van der Waals surface area (Å²) in [6, 6.07) is 4.20. The van der Waals surface area contributed by atoms with Crippen molar-refractivity contribution in [2.75, 3.05) is 13.1 Å². The van der Waals surface area contributed by atoms with Crippen LogP contribution in [0.1, 0.15) is 30.1 Å². The largest absolute Gasteiger partial charge is 0.504 e. The number of carbonyl (C=O) groups excluding carboxylic acids is 1. The van der Waals surface area contributed by atoms with Gasteiger partial charge in [-0.1, -0.05) is 13.3 Å². The number of aromatic hydroxyl groups is 2. The number of phenolic OH excluding ortho intramolecular Hbond substituents is 2. The maximum Gasteiger partial charge on any atom is 0.254 e. The van der Waals surface area contributed by atoms with E-state index in [9.17, 15) is 15.0 Å². The molecule has 4 nitrogen and oxygen atoms in total. The molecule has 0 aliphatic carbocycles. The van der Waals surface area contributed by atoms with E-state index in [1.165, 1.54) is 18.2 Å². The van der Waals surface area contributed by atoms with E-state index in [1.54, 1.807) is 4.90 Å². The van der Waals surface area contributed by atoms with Crippen molar-refractivity contribution < 1.29 is 15.0 Å². The predicted molar refractivity (Wildman–Crippen MR) is 64.1 cm³/mol. The molecule has 1 atom stereocenters. The zero-order valence-corrected chi connectivity index (χ0v) is 9.89. The Kier molecular flexibility index (Phi) is 3.22. The van der Waals surface area contributed by atoms with Crippen molar-refractivity contribution in [2.24, 2.45) is 5.92 Å². The fourth-order valence-electron chi connectivity index (χ4n) is 2.19. The molecule has 0 saturated carbocycles. The number of rotatable bonds is 2. The van der Waals surface area contributed by atoms with Gasteiger partial charge in [-0.2, -0.15) is 0 Å². The Hall–Kier alpha value is -1.71. The van der Waals surface area contributed by atoms with Crippen molar-refractivity contribution in [1.82, 2.24) is 4.90 Å². The number of hydrogen-bond acceptors (Lipinski definition) is 3. The third kappa shape index (κ3) is 2.35. The molecule has 2 rings (SSSR count). The zero-order chi connectivity index (χ0) is 12.4. The first-order valence-corrected chi connectivity index (χ1v) is 5.93. The Labute approximate surface area is 100 Å². The van der Waals surface area contributed by atoms with Crippen LogP contribution in [0.4, 0.5) is 0 Å². The number of nitrogens with zero attached hydrogens (tertiary/aromatic N) is 1. The molecule has 1 saturated heterocycles. The molecule has 1 amide bonds. The fraction of sp³-hybridized carbons (Fsp3) is 0.462. The Bertz CT molecular complexity index is 431. The number of likely N-dealkylation sites (tertiary alicyclic amines) is 1. The first-order valence-electron chi connectivity index (χ1n) is 5.93. The monoisotopic (exact) mass is 235 g/mol. The molecular weight excluding hydrogens is 218 g/mol. The smallest absolute Gasteiger partial charge is 0.254 e. The predicted octanol–water partition coefficient (Wildman–Crippen LogP) is 1.97. The van der Waals surface area contributed by atoms with E-state index in [1.807, 2.05) is 0 Å². The molecule has 1 heterocycles. The van der Waals surface area contributed by atoms with Crippen LogP contribution in [0.2, 0.25) is 0 Å². The molecule has 1 fully saturated rings. The topological polar surface area (TPSA) is 60.8 Å². The fourth-order valence-corrected chi connectivity index (χ4v) is 2.19. The third-order valence-corrected chi connectivity index (χ3v) is 3.37. The normalized spacial score (nSPS) is 19.6. The van der Waals surface area contributed by atoms with Crippen LogP contribution >= 0.6 is 0 Å². The van der Waals surface area contributed by atoms with Gasteiger partial charge in [0.05, 0.1) is 0 Å². The Morgan fingerprint density at radius 1 is 1.41 bits per heavy atom. The van der Waals surface area contributed by atoms with Gasteiger partial charge in [-0.15, -0.1) is 0 Å². The van der Waals surface area contributed by atoms with Gasteiger partial charge in [0.1, 0.15) is 0 Å². The number of phenols is 2. The highest BCUT2D eigenvalue weighted by Crippen LogP contribution is 2.27. The lowest BCUT2D eigenvalue weighted by atomic mass is 10.1. The summed E-state index contributed by atoms with van der Waals surface area (Å²) in [5, 5.41) is 18.6. The third-order valence-electron chi connectivity index (χ3n) is 3.37. The first kappa shape index (κ1) is 11.8. The van der Waals surface area contributed by atoms with Crippen molar-refractivity contribution in [2.45, 2.75) is 19.8 Å². The van der Waals surface area contributed by atoms with Crippen LogP contribution in [0.15, 0.2) is 18.2 Å². The van der Waals surface area contributed by atoms with Crippen LogP contribution in [-0.2, 0) is 0 Å². The van der Waals surface area contributed by atoms with E-state index in [0.717, 1.165) is 25.9 Å². The van der Waals surface area contributed by atoms with E-state index >= 15 is 0 Å². The maximum atomic E-state index is 12.1. The second-order valence-corrected chi connectivity index (χ2v) is 4.52. The van der Waals surface area contributed by atoms with Crippen molar-refractivity contribution in [1.29, 1.82) is 0 Å². The van der Waals surface area contributed by atoms with Crippen LogP contribution < -0.4 is 0 Å². The van der Waals surface area contributed by atoms with Crippen molar-refractivity contribution in [3.63, 3.8) is 0 Å². The van der Waals surface area contributed by atoms with Crippen LogP contribution in [0, 0.1) is 5.92 Å². The van der Waals surface area contributed by atoms with Crippen molar-refractivity contribution >= 4 is 5.91 Å². The number of carbonyl (C=O) groups is 1. The van der Waals surface area contributed by atoms with Gasteiger partial charge in [0.25, 0.3) is 5.91 Å². The number of hydrogen-bond donors (Lipinski definition) is 2. The average Bonchev–Trinajstić information content (AvgIpc) is 2.80. The van der Waals surface area contributed by atoms with Crippen molar-refractivity contribution in [3.05, 3.63) is 23.8 Å². The Morgan fingerprint density at radius 2 is 2.18 bits per heavy atom. The maximum absolute atomic E-state index is 12.1. The summed E-state index contributed by atoms with van der Waals surface area (Å²) in [6.45, 7) is 3.70. The van der Waals surface area contributed by atoms with Crippen LogP contribution in [-0.4, -0.2) is 34.1 Å². The zero-order valence-electron chi connectivity index (χ0n) is 9.89. The minimum absolute atomic E-state index is 0.0729. The van der Waals surface area contributed by atoms with Crippen molar-refractivity contribution in [3.8, 4) is 11.5 Å². The molecule has 0 aromatic heterocycles. The standard InChI is InChI=1S/C13H17NO3/c1-2-9-5-6-14(8-9)13(17)10-3-4-11(15)12(16)7-10/h3-4,7,9,15-16H,2,5-6,8H2,1H3. The molecule has 92 valence electrons. The minimum Gasteiger partial charge on any atom is -0.504 e. The summed E-state index contributed by atoms with van der Waals surface area (Å²) in [7, 11) is 0. The van der Waals surface area contributed by atoms with E-state index in [4.69, 9.17) is 0 Å². The SMILES string of the molecule is CCC1CCN(C(=O)c2ccc(O)c(O)c2)C1. The lowest BCUT2D eigenvalue weighted by molar-refractivity contribution is 0.0786. The summed E-state index contributed by atoms with van der Waals surface area (Å²) in [6.07, 6.45) is 2.14. The van der Waals surface area contributed by atoms with Gasteiger partial charge in [0, 0.05) is 18.7 Å². The van der Waals surface area contributed by atoms with Gasteiger partial charge < -0.3 is 15.1 Å². The van der Waals surface area contributed by atoms with Gasteiger partial charge in [0.15, 0.2) is 11.5 Å². The van der Waals surface area contributed by atoms with Gasteiger partial charge >= 0.3 is 0 Å². The van der Waals surface area contributed by atoms with Crippen LogP contribution in [0.5, 0.6) is 11.5 Å². The summed E-state index contributed by atoms with van der Waals surface area (Å²) < 4.78 is 0. The Morgan fingerprint density at radius 3 is 2.76 bits per heavy atom. The quantitative estimate of drug-likeness (QED) is 0.770. The Balaban J connectivity index is 2.12. The molecule has 2 N–H and O–H groups in total. The molecule has 1 aromatic rings. The van der Waals surface area contributed by atoms with Gasteiger partial charge in [-0.25, -0.2) is 0 Å². The second-order valence-electron chi connectivity index (χ2n) is 4.52. The van der Waals surface area contributed by atoms with E-state index < -0.39 is 0 Å². The van der Waals surface area contributed by atoms with Gasteiger partial charge in [0.2, 0.25) is 0 Å². The number of benzene rings is 1.